The molecule has 1 atom stereocenters. The Morgan fingerprint density at radius 1 is 1.17 bits per heavy atom. The first-order valence-electron chi connectivity index (χ1n) is 9.46. The molecule has 1 heterocycles. The van der Waals surface area contributed by atoms with Gasteiger partial charge in [-0.3, -0.25) is 0 Å². The summed E-state index contributed by atoms with van der Waals surface area (Å²) in [5.74, 6) is -3.04. The number of anilines is 1. The van der Waals surface area contributed by atoms with Gasteiger partial charge in [-0.2, -0.15) is 0 Å². The molecule has 0 unspecified atom stereocenters. The Hall–Kier alpha value is -2.60. The Balaban J connectivity index is 1.75. The van der Waals surface area contributed by atoms with Crippen LogP contribution < -0.4 is 10.9 Å². The van der Waals surface area contributed by atoms with Crippen LogP contribution in [-0.4, -0.2) is 4.99 Å². The second-order valence-corrected chi connectivity index (χ2v) is 7.93. The number of hydrogen-bond acceptors (Lipinski definition) is 3. The van der Waals surface area contributed by atoms with Crippen molar-refractivity contribution in [2.24, 2.45) is 5.92 Å². The lowest BCUT2D eigenvalue weighted by Crippen LogP contribution is -2.19. The van der Waals surface area contributed by atoms with Crippen LogP contribution in [0.1, 0.15) is 37.0 Å². The van der Waals surface area contributed by atoms with Crippen LogP contribution in [-0.2, 0) is 12.3 Å². The first kappa shape index (κ1) is 21.1. The monoisotopic (exact) mass is 415 g/mol. The molecule has 0 amide bonds. The standard InChI is InChI=1S/C23H23F2NO2S/c1-14-4-7-16(8-5-14)9-6-15(2)22(29)26-17-10-11-20-18(12-17)19(23(3,24)25)13-21(27)28-20/h4-5,7-8,10-13,15H,6,9H2,1-3H3,(H,26,29)/t15-/m0/s1. The summed E-state index contributed by atoms with van der Waals surface area (Å²) in [6.45, 7) is 4.86. The van der Waals surface area contributed by atoms with Crippen LogP contribution in [0.15, 0.2) is 57.7 Å². The molecule has 3 aromatic rings. The Labute approximate surface area is 173 Å². The molecule has 0 saturated heterocycles. The van der Waals surface area contributed by atoms with Crippen molar-refractivity contribution in [3.05, 3.63) is 75.6 Å². The second kappa shape index (κ2) is 8.41. The van der Waals surface area contributed by atoms with Crippen LogP contribution in [0.2, 0.25) is 0 Å². The van der Waals surface area contributed by atoms with E-state index in [1.807, 2.05) is 6.92 Å². The third kappa shape index (κ3) is 5.26. The molecular formula is C23H23F2NO2S. The predicted octanol–water partition coefficient (Wildman–Crippen LogP) is 6.22. The molecule has 2 aromatic carbocycles. The van der Waals surface area contributed by atoms with Gasteiger partial charge in [-0.25, -0.2) is 13.6 Å². The lowest BCUT2D eigenvalue weighted by Gasteiger charge is -2.17. The molecule has 29 heavy (non-hydrogen) atoms. The number of hydrogen-bond donors (Lipinski definition) is 1. The second-order valence-electron chi connectivity index (χ2n) is 7.49. The van der Waals surface area contributed by atoms with Gasteiger partial charge in [0.05, 0.1) is 4.99 Å². The maximum absolute atomic E-state index is 13.9. The van der Waals surface area contributed by atoms with E-state index in [1.165, 1.54) is 17.2 Å². The molecule has 1 aromatic heterocycles. The molecule has 152 valence electrons. The zero-order chi connectivity index (χ0) is 21.2. The summed E-state index contributed by atoms with van der Waals surface area (Å²) in [7, 11) is 0. The summed E-state index contributed by atoms with van der Waals surface area (Å²) in [4.78, 5) is 12.2. The highest BCUT2D eigenvalue weighted by molar-refractivity contribution is 7.80. The van der Waals surface area contributed by atoms with Gasteiger partial charge < -0.3 is 9.73 Å². The molecule has 0 radical (unpaired) electrons. The third-order valence-corrected chi connectivity index (χ3v) is 5.42. The average Bonchev–Trinajstić information content (AvgIpc) is 2.66. The smallest absolute Gasteiger partial charge is 0.336 e. The van der Waals surface area contributed by atoms with Crippen LogP contribution in [0.5, 0.6) is 0 Å². The lowest BCUT2D eigenvalue weighted by molar-refractivity contribution is 0.0186. The maximum Gasteiger partial charge on any atom is 0.336 e. The van der Waals surface area contributed by atoms with E-state index in [0.717, 1.165) is 25.8 Å². The Morgan fingerprint density at radius 3 is 2.52 bits per heavy atom. The summed E-state index contributed by atoms with van der Waals surface area (Å²) in [6, 6.07) is 14.0. The van der Waals surface area contributed by atoms with Crippen molar-refractivity contribution in [2.45, 2.75) is 39.5 Å². The number of alkyl halides is 2. The zero-order valence-corrected chi connectivity index (χ0v) is 17.4. The van der Waals surface area contributed by atoms with E-state index in [4.69, 9.17) is 16.6 Å². The van der Waals surface area contributed by atoms with Crippen molar-refractivity contribution < 1.29 is 13.2 Å². The average molecular weight is 416 g/mol. The van der Waals surface area contributed by atoms with E-state index < -0.39 is 11.5 Å². The number of rotatable bonds is 6. The fourth-order valence-corrected chi connectivity index (χ4v) is 3.37. The van der Waals surface area contributed by atoms with E-state index >= 15 is 0 Å². The van der Waals surface area contributed by atoms with Gasteiger partial charge >= 0.3 is 5.63 Å². The topological polar surface area (TPSA) is 42.2 Å². The Bertz CT molecular complexity index is 1080. The molecular weight excluding hydrogens is 392 g/mol. The number of benzene rings is 2. The van der Waals surface area contributed by atoms with Crippen LogP contribution in [0.25, 0.3) is 11.0 Å². The molecule has 1 N–H and O–H groups in total. The predicted molar refractivity (Wildman–Crippen MR) is 117 cm³/mol. The molecule has 0 spiro atoms. The first-order valence-corrected chi connectivity index (χ1v) is 9.87. The minimum Gasteiger partial charge on any atom is -0.423 e. The van der Waals surface area contributed by atoms with Crippen molar-refractivity contribution >= 4 is 33.9 Å². The zero-order valence-electron chi connectivity index (χ0n) is 16.6. The van der Waals surface area contributed by atoms with Crippen molar-refractivity contribution in [1.29, 1.82) is 0 Å². The molecule has 3 nitrogen and oxygen atoms in total. The highest BCUT2D eigenvalue weighted by Gasteiger charge is 2.28. The van der Waals surface area contributed by atoms with Gasteiger partial charge in [0.25, 0.3) is 5.92 Å². The van der Waals surface area contributed by atoms with Gasteiger partial charge in [-0.1, -0.05) is 49.0 Å². The largest absolute Gasteiger partial charge is 0.423 e. The number of halogens is 2. The molecule has 0 aliphatic carbocycles. The van der Waals surface area contributed by atoms with Gasteiger partial charge in [0.2, 0.25) is 0 Å². The van der Waals surface area contributed by atoms with Gasteiger partial charge in [0.15, 0.2) is 0 Å². The molecule has 0 bridgehead atoms. The Kier molecular flexibility index (Phi) is 6.13. The number of fused-ring (bicyclic) bond motifs is 1. The summed E-state index contributed by atoms with van der Waals surface area (Å²) >= 11 is 5.51. The Morgan fingerprint density at radius 2 is 1.86 bits per heavy atom. The summed E-state index contributed by atoms with van der Waals surface area (Å²) in [5, 5.41) is 3.33. The molecule has 0 fully saturated rings. The number of nitrogens with one attached hydrogen (secondary N) is 1. The van der Waals surface area contributed by atoms with E-state index in [0.29, 0.717) is 10.7 Å². The molecule has 0 saturated carbocycles. The first-order chi connectivity index (χ1) is 13.6. The van der Waals surface area contributed by atoms with Gasteiger partial charge in [-0.05, 0) is 43.5 Å². The highest BCUT2D eigenvalue weighted by atomic mass is 32.1. The van der Waals surface area contributed by atoms with Crippen molar-refractivity contribution in [3.8, 4) is 0 Å². The minimum atomic E-state index is -3.16. The van der Waals surface area contributed by atoms with Crippen LogP contribution >= 0.6 is 12.2 Å². The number of thiocarbonyl (C=S) groups is 1. The van der Waals surface area contributed by atoms with Crippen molar-refractivity contribution in [1.82, 2.24) is 0 Å². The van der Waals surface area contributed by atoms with E-state index in [2.05, 4.69) is 36.5 Å². The van der Waals surface area contributed by atoms with E-state index in [-0.39, 0.29) is 22.5 Å². The van der Waals surface area contributed by atoms with Crippen molar-refractivity contribution in [3.63, 3.8) is 0 Å². The number of aryl methyl sites for hydroxylation is 2. The van der Waals surface area contributed by atoms with Gasteiger partial charge in [0, 0.05) is 35.5 Å². The summed E-state index contributed by atoms with van der Waals surface area (Å²) in [5.41, 5.74) is 2.03. The fourth-order valence-electron chi connectivity index (χ4n) is 3.14. The molecule has 0 aliphatic heterocycles. The van der Waals surface area contributed by atoms with E-state index in [9.17, 15) is 13.6 Å². The third-order valence-electron chi connectivity index (χ3n) is 4.92. The van der Waals surface area contributed by atoms with Crippen LogP contribution in [0.4, 0.5) is 14.5 Å². The van der Waals surface area contributed by atoms with Gasteiger partial charge in [0.1, 0.15) is 5.58 Å². The quantitative estimate of drug-likeness (QED) is 0.383. The summed E-state index contributed by atoms with van der Waals surface area (Å²) < 4.78 is 32.9. The van der Waals surface area contributed by atoms with Crippen molar-refractivity contribution in [2.75, 3.05) is 5.32 Å². The maximum atomic E-state index is 13.9. The molecule has 0 aliphatic rings. The molecule has 3 rings (SSSR count). The van der Waals surface area contributed by atoms with Gasteiger partial charge in [-0.15, -0.1) is 0 Å². The van der Waals surface area contributed by atoms with Crippen LogP contribution in [0.3, 0.4) is 0 Å². The fraction of sp³-hybridized carbons (Fsp3) is 0.304. The van der Waals surface area contributed by atoms with E-state index in [1.54, 1.807) is 12.1 Å². The minimum absolute atomic E-state index is 0.114. The lowest BCUT2D eigenvalue weighted by atomic mass is 10.00. The molecule has 6 heteroatoms. The SMILES string of the molecule is Cc1ccc(CC[C@H](C)C(=S)Nc2ccc3oc(=O)cc(C(C)(F)F)c3c2)cc1. The summed E-state index contributed by atoms with van der Waals surface area (Å²) in [6.07, 6.45) is 1.77. The highest BCUT2D eigenvalue weighted by Crippen LogP contribution is 2.33. The normalized spacial score (nSPS) is 12.7. The van der Waals surface area contributed by atoms with Crippen LogP contribution in [0, 0.1) is 12.8 Å².